The summed E-state index contributed by atoms with van der Waals surface area (Å²) in [4.78, 5) is 60.3. The molecule has 2 aromatic carbocycles. The van der Waals surface area contributed by atoms with Crippen LogP contribution in [-0.4, -0.2) is 70.6 Å². The molecule has 1 heterocycles. The van der Waals surface area contributed by atoms with Gasteiger partial charge in [0, 0.05) is 35.7 Å². The van der Waals surface area contributed by atoms with Crippen LogP contribution in [0.4, 0.5) is 5.69 Å². The van der Waals surface area contributed by atoms with Crippen LogP contribution < -0.4 is 10.7 Å². The van der Waals surface area contributed by atoms with E-state index in [4.69, 9.17) is 5.11 Å². The maximum atomic E-state index is 12.8. The van der Waals surface area contributed by atoms with Gasteiger partial charge in [0.25, 0.3) is 27.8 Å². The SMILES string of the molecule is C/C(=N\NC(=O)c1ccc(NC(=O)CCCCCN2C(=O)C=CC2=O)cc1S(=O)(=O)O)c1ccc(SCC(=O)O)c(C)c1. The van der Waals surface area contributed by atoms with E-state index in [1.807, 2.05) is 0 Å². The number of rotatable bonds is 14. The lowest BCUT2D eigenvalue weighted by molar-refractivity contribution is -0.137. The average Bonchev–Trinajstić information content (AvgIpc) is 3.26. The molecule has 13 nitrogen and oxygen atoms in total. The summed E-state index contributed by atoms with van der Waals surface area (Å²) < 4.78 is 33.8. The lowest BCUT2D eigenvalue weighted by Gasteiger charge is -2.13. The van der Waals surface area contributed by atoms with Gasteiger partial charge in [-0.1, -0.05) is 12.5 Å². The molecule has 0 unspecified atom stereocenters. The summed E-state index contributed by atoms with van der Waals surface area (Å²) >= 11 is 1.17. The number of nitrogens with one attached hydrogen (secondary N) is 2. The predicted molar refractivity (Wildman–Crippen MR) is 158 cm³/mol. The topological polar surface area (TPSA) is 200 Å². The molecule has 0 bridgehead atoms. The molecule has 1 aliphatic rings. The average molecular weight is 631 g/mol. The number of carbonyl (C=O) groups excluding carboxylic acids is 4. The van der Waals surface area contributed by atoms with Crippen molar-refractivity contribution in [2.45, 2.75) is 49.3 Å². The Hall–Kier alpha value is -4.34. The molecule has 0 aromatic heterocycles. The van der Waals surface area contributed by atoms with Gasteiger partial charge in [-0.3, -0.25) is 33.4 Å². The van der Waals surface area contributed by atoms with Crippen molar-refractivity contribution < 1.29 is 42.0 Å². The zero-order valence-electron chi connectivity index (χ0n) is 23.3. The summed E-state index contributed by atoms with van der Waals surface area (Å²) in [5, 5.41) is 15.4. The van der Waals surface area contributed by atoms with E-state index in [1.165, 1.54) is 30.0 Å². The van der Waals surface area contributed by atoms with Gasteiger partial charge >= 0.3 is 5.97 Å². The molecule has 15 heteroatoms. The van der Waals surface area contributed by atoms with Crippen molar-refractivity contribution in [2.24, 2.45) is 5.10 Å². The molecule has 1 aliphatic heterocycles. The van der Waals surface area contributed by atoms with Gasteiger partial charge in [0.1, 0.15) is 4.90 Å². The summed E-state index contributed by atoms with van der Waals surface area (Å²) in [6.45, 7) is 3.67. The van der Waals surface area contributed by atoms with Gasteiger partial charge in [-0.15, -0.1) is 11.8 Å². The molecule has 0 aliphatic carbocycles. The van der Waals surface area contributed by atoms with Gasteiger partial charge in [-0.2, -0.15) is 13.5 Å². The quantitative estimate of drug-likeness (QED) is 0.0601. The Morgan fingerprint density at radius 2 is 1.70 bits per heavy atom. The van der Waals surface area contributed by atoms with Crippen LogP contribution in [0.15, 0.2) is 63.4 Å². The van der Waals surface area contributed by atoms with E-state index in [0.29, 0.717) is 30.5 Å². The fourth-order valence-electron chi connectivity index (χ4n) is 4.04. The lowest BCUT2D eigenvalue weighted by atomic mass is 10.1. The van der Waals surface area contributed by atoms with Gasteiger partial charge in [-0.25, -0.2) is 5.43 Å². The fourth-order valence-corrected chi connectivity index (χ4v) is 5.49. The molecule has 2 aromatic rings. The number of hydrazone groups is 1. The highest BCUT2D eigenvalue weighted by molar-refractivity contribution is 8.00. The van der Waals surface area contributed by atoms with Gasteiger partial charge in [0.2, 0.25) is 5.91 Å². The maximum Gasteiger partial charge on any atom is 0.313 e. The molecule has 0 atom stereocenters. The Morgan fingerprint density at radius 3 is 2.33 bits per heavy atom. The first-order chi connectivity index (χ1) is 20.3. The molecule has 43 heavy (non-hydrogen) atoms. The summed E-state index contributed by atoms with van der Waals surface area (Å²) in [5.74, 6) is -3.12. The Kier molecular flexibility index (Phi) is 11.3. The second-order valence-corrected chi connectivity index (χ2v) is 11.9. The Balaban J connectivity index is 1.59. The number of aliphatic carboxylic acids is 1. The van der Waals surface area contributed by atoms with Crippen molar-refractivity contribution >= 4 is 62.9 Å². The smallest absolute Gasteiger partial charge is 0.313 e. The highest BCUT2D eigenvalue weighted by atomic mass is 32.2. The number of anilines is 1. The standard InChI is InChI=1S/C28H30N4O9S2/c1-17-14-19(7-10-22(17)42-16-27(36)37)18(2)30-31-28(38)21-9-8-20(15-23(21)43(39,40)41)29-24(33)6-4-3-5-13-32-25(34)11-12-26(32)35/h7-12,14-15H,3-6,13,16H2,1-2H3,(H,29,33)(H,31,38)(H,36,37)(H,39,40,41)/b30-18+. The highest BCUT2D eigenvalue weighted by Crippen LogP contribution is 2.24. The fraction of sp³-hybridized carbons (Fsp3) is 0.286. The number of thioether (sulfide) groups is 1. The number of amides is 4. The molecule has 4 amide bonds. The molecule has 0 radical (unpaired) electrons. The zero-order valence-corrected chi connectivity index (χ0v) is 25.0. The second kappa shape index (κ2) is 14.7. The number of aryl methyl sites for hydroxylation is 1. The van der Waals surface area contributed by atoms with Crippen molar-refractivity contribution in [2.75, 3.05) is 17.6 Å². The minimum atomic E-state index is -4.86. The third-order valence-corrected chi connectivity index (χ3v) is 8.30. The number of hydrogen-bond donors (Lipinski definition) is 4. The van der Waals surface area contributed by atoms with Crippen molar-refractivity contribution in [3.05, 3.63) is 65.2 Å². The summed E-state index contributed by atoms with van der Waals surface area (Å²) in [6, 6.07) is 8.62. The number of unbranched alkanes of at least 4 members (excludes halogenated alkanes) is 2. The van der Waals surface area contributed by atoms with E-state index in [-0.39, 0.29) is 36.2 Å². The van der Waals surface area contributed by atoms with Crippen LogP contribution in [0.5, 0.6) is 0 Å². The molecule has 3 rings (SSSR count). The molecule has 0 spiro atoms. The first kappa shape index (κ1) is 33.2. The van der Waals surface area contributed by atoms with Crippen LogP contribution in [0.2, 0.25) is 0 Å². The Morgan fingerprint density at radius 1 is 1.00 bits per heavy atom. The largest absolute Gasteiger partial charge is 0.481 e. The van der Waals surface area contributed by atoms with Crippen molar-refractivity contribution in [1.29, 1.82) is 0 Å². The number of carbonyl (C=O) groups is 5. The molecular weight excluding hydrogens is 600 g/mol. The monoisotopic (exact) mass is 630 g/mol. The highest BCUT2D eigenvalue weighted by Gasteiger charge is 2.23. The number of imide groups is 1. The van der Waals surface area contributed by atoms with Gasteiger partial charge < -0.3 is 10.4 Å². The van der Waals surface area contributed by atoms with E-state index < -0.39 is 38.4 Å². The number of nitrogens with zero attached hydrogens (tertiary/aromatic N) is 2. The van der Waals surface area contributed by atoms with E-state index in [1.54, 1.807) is 32.0 Å². The van der Waals surface area contributed by atoms with E-state index >= 15 is 0 Å². The minimum absolute atomic E-state index is 0.0459. The Labute approximate surface area is 252 Å². The summed E-state index contributed by atoms with van der Waals surface area (Å²) in [5.41, 5.74) is 3.75. The van der Waals surface area contributed by atoms with Crippen LogP contribution in [0.3, 0.4) is 0 Å². The number of carboxylic acids is 1. The summed E-state index contributed by atoms with van der Waals surface area (Å²) in [6.07, 6.45) is 4.01. The van der Waals surface area contributed by atoms with Crippen molar-refractivity contribution in [3.8, 4) is 0 Å². The first-order valence-corrected chi connectivity index (χ1v) is 15.4. The third-order valence-electron chi connectivity index (χ3n) is 6.24. The molecular formula is C28H30N4O9S2. The van der Waals surface area contributed by atoms with Crippen LogP contribution in [-0.2, 0) is 29.3 Å². The summed E-state index contributed by atoms with van der Waals surface area (Å²) in [7, 11) is -4.86. The first-order valence-electron chi connectivity index (χ1n) is 13.0. The zero-order chi connectivity index (χ0) is 31.7. The maximum absolute atomic E-state index is 12.8. The molecule has 0 saturated carbocycles. The second-order valence-electron chi connectivity index (χ2n) is 9.51. The number of carboxylic acid groups (broad SMARTS) is 1. The van der Waals surface area contributed by atoms with E-state index in [9.17, 15) is 36.9 Å². The van der Waals surface area contributed by atoms with E-state index in [0.717, 1.165) is 27.5 Å². The van der Waals surface area contributed by atoms with Crippen LogP contribution in [0.1, 0.15) is 54.1 Å². The van der Waals surface area contributed by atoms with Gasteiger partial charge in [0.05, 0.1) is 17.0 Å². The van der Waals surface area contributed by atoms with Gasteiger partial charge in [0.15, 0.2) is 0 Å². The van der Waals surface area contributed by atoms with Crippen LogP contribution in [0.25, 0.3) is 0 Å². The van der Waals surface area contributed by atoms with Crippen LogP contribution >= 0.6 is 11.8 Å². The van der Waals surface area contributed by atoms with Gasteiger partial charge in [-0.05, 0) is 68.1 Å². The molecule has 228 valence electrons. The van der Waals surface area contributed by atoms with Crippen molar-refractivity contribution in [1.82, 2.24) is 10.3 Å². The molecule has 4 N–H and O–H groups in total. The minimum Gasteiger partial charge on any atom is -0.481 e. The lowest BCUT2D eigenvalue weighted by Crippen LogP contribution is -2.30. The molecule has 0 saturated heterocycles. The third kappa shape index (κ3) is 9.59. The normalized spacial score (nSPS) is 13.4. The Bertz CT molecular complexity index is 1600. The number of hydrogen-bond acceptors (Lipinski definition) is 9. The molecule has 0 fully saturated rings. The van der Waals surface area contributed by atoms with Crippen molar-refractivity contribution in [3.63, 3.8) is 0 Å². The van der Waals surface area contributed by atoms with E-state index in [2.05, 4.69) is 15.8 Å². The predicted octanol–water partition coefficient (Wildman–Crippen LogP) is 3.00. The number of benzene rings is 2. The van der Waals surface area contributed by atoms with Crippen LogP contribution in [0, 0.1) is 6.92 Å².